The number of sulfonamides is 1. The molecule has 0 saturated heterocycles. The fourth-order valence-corrected chi connectivity index (χ4v) is 3.54. The summed E-state index contributed by atoms with van der Waals surface area (Å²) < 4.78 is 26.1. The van der Waals surface area contributed by atoms with Crippen LogP contribution in [0.2, 0.25) is 0 Å². The summed E-state index contributed by atoms with van der Waals surface area (Å²) in [5.74, 6) is 0. The zero-order valence-electron chi connectivity index (χ0n) is 9.78. The van der Waals surface area contributed by atoms with Crippen molar-refractivity contribution >= 4 is 10.0 Å². The van der Waals surface area contributed by atoms with Crippen molar-refractivity contribution < 1.29 is 13.5 Å². The average molecular weight is 266 g/mol. The van der Waals surface area contributed by atoms with Crippen molar-refractivity contribution in [3.05, 3.63) is 29.8 Å². The van der Waals surface area contributed by atoms with Gasteiger partial charge in [0.25, 0.3) is 0 Å². The standard InChI is InChI=1S/C12H14N2O3S/c13-9-10-2-1-3-12(8-10)18(16,17)14(6-7-15)11-4-5-11/h1-3,8,11,15H,4-7H2. The fourth-order valence-electron chi connectivity index (χ4n) is 1.82. The lowest BCUT2D eigenvalue weighted by Crippen LogP contribution is -2.35. The molecule has 1 N–H and O–H groups in total. The molecule has 0 heterocycles. The van der Waals surface area contributed by atoms with E-state index in [4.69, 9.17) is 10.4 Å². The Labute approximate surface area is 106 Å². The molecule has 0 bridgehead atoms. The second-order valence-electron chi connectivity index (χ2n) is 4.21. The van der Waals surface area contributed by atoms with Crippen LogP contribution in [-0.2, 0) is 10.0 Å². The first kappa shape index (κ1) is 13.0. The van der Waals surface area contributed by atoms with Gasteiger partial charge in [0, 0.05) is 12.6 Å². The van der Waals surface area contributed by atoms with E-state index in [9.17, 15) is 8.42 Å². The van der Waals surface area contributed by atoms with Crippen molar-refractivity contribution in [2.45, 2.75) is 23.8 Å². The number of nitrogens with zero attached hydrogens (tertiary/aromatic N) is 2. The van der Waals surface area contributed by atoms with Crippen LogP contribution in [0.25, 0.3) is 0 Å². The highest BCUT2D eigenvalue weighted by molar-refractivity contribution is 7.89. The third-order valence-electron chi connectivity index (χ3n) is 2.84. The molecular formula is C12H14N2O3S. The third kappa shape index (κ3) is 2.53. The van der Waals surface area contributed by atoms with Gasteiger partial charge in [0.1, 0.15) is 0 Å². The van der Waals surface area contributed by atoms with E-state index >= 15 is 0 Å². The van der Waals surface area contributed by atoms with E-state index in [1.54, 1.807) is 12.1 Å². The van der Waals surface area contributed by atoms with E-state index in [2.05, 4.69) is 0 Å². The monoisotopic (exact) mass is 266 g/mol. The van der Waals surface area contributed by atoms with Crippen LogP contribution in [-0.4, -0.2) is 37.0 Å². The van der Waals surface area contributed by atoms with Crippen molar-refractivity contribution in [1.82, 2.24) is 4.31 Å². The summed E-state index contributed by atoms with van der Waals surface area (Å²) in [4.78, 5) is 0.113. The summed E-state index contributed by atoms with van der Waals surface area (Å²) in [6.45, 7) is -0.0998. The van der Waals surface area contributed by atoms with Crippen LogP contribution in [0.5, 0.6) is 0 Å². The molecule has 0 aromatic heterocycles. The van der Waals surface area contributed by atoms with Gasteiger partial charge >= 0.3 is 0 Å². The van der Waals surface area contributed by atoms with Crippen molar-refractivity contribution in [2.24, 2.45) is 0 Å². The Balaban J connectivity index is 2.36. The Bertz CT molecular complexity index is 573. The highest BCUT2D eigenvalue weighted by Gasteiger charge is 2.37. The molecule has 0 aliphatic heterocycles. The average Bonchev–Trinajstić information content (AvgIpc) is 3.20. The van der Waals surface area contributed by atoms with Gasteiger partial charge in [-0.15, -0.1) is 0 Å². The molecule has 96 valence electrons. The molecule has 1 fully saturated rings. The largest absolute Gasteiger partial charge is 0.395 e. The molecule has 0 atom stereocenters. The smallest absolute Gasteiger partial charge is 0.243 e. The molecular weight excluding hydrogens is 252 g/mol. The first-order chi connectivity index (χ1) is 8.59. The summed E-state index contributed by atoms with van der Waals surface area (Å²) in [5, 5.41) is 17.8. The predicted molar refractivity (Wildman–Crippen MR) is 65.2 cm³/mol. The molecule has 18 heavy (non-hydrogen) atoms. The molecule has 1 saturated carbocycles. The van der Waals surface area contributed by atoms with E-state index in [1.165, 1.54) is 16.4 Å². The van der Waals surface area contributed by atoms with Gasteiger partial charge in [-0.2, -0.15) is 9.57 Å². The van der Waals surface area contributed by atoms with Gasteiger partial charge < -0.3 is 5.11 Å². The molecule has 0 unspecified atom stereocenters. The van der Waals surface area contributed by atoms with Crippen molar-refractivity contribution in [1.29, 1.82) is 5.26 Å². The van der Waals surface area contributed by atoms with Gasteiger partial charge in [-0.25, -0.2) is 8.42 Å². The van der Waals surface area contributed by atoms with Crippen LogP contribution < -0.4 is 0 Å². The van der Waals surface area contributed by atoms with E-state index in [-0.39, 0.29) is 24.1 Å². The predicted octanol–water partition coefficient (Wildman–Crippen LogP) is 0.704. The molecule has 1 aliphatic carbocycles. The Kier molecular flexibility index (Phi) is 3.66. The molecule has 1 aliphatic rings. The molecule has 2 rings (SSSR count). The van der Waals surface area contributed by atoms with Crippen LogP contribution >= 0.6 is 0 Å². The molecule has 0 amide bonds. The lowest BCUT2D eigenvalue weighted by molar-refractivity contribution is 0.250. The summed E-state index contributed by atoms with van der Waals surface area (Å²) in [6.07, 6.45) is 1.66. The number of benzene rings is 1. The highest BCUT2D eigenvalue weighted by Crippen LogP contribution is 2.31. The van der Waals surface area contributed by atoms with E-state index < -0.39 is 10.0 Å². The number of nitriles is 1. The first-order valence-electron chi connectivity index (χ1n) is 5.72. The Morgan fingerprint density at radius 3 is 2.72 bits per heavy atom. The molecule has 1 aromatic rings. The first-order valence-corrected chi connectivity index (χ1v) is 7.16. The van der Waals surface area contributed by atoms with Gasteiger partial charge in [-0.3, -0.25) is 0 Å². The lowest BCUT2D eigenvalue weighted by atomic mass is 10.2. The third-order valence-corrected chi connectivity index (χ3v) is 4.79. The van der Waals surface area contributed by atoms with E-state index in [1.807, 2.05) is 6.07 Å². The number of aliphatic hydroxyl groups is 1. The zero-order chi connectivity index (χ0) is 13.2. The minimum atomic E-state index is -3.61. The maximum Gasteiger partial charge on any atom is 0.243 e. The van der Waals surface area contributed by atoms with E-state index in [0.717, 1.165) is 12.8 Å². The molecule has 5 nitrogen and oxygen atoms in total. The van der Waals surface area contributed by atoms with Crippen molar-refractivity contribution in [2.75, 3.05) is 13.2 Å². The second kappa shape index (κ2) is 5.06. The summed E-state index contributed by atoms with van der Waals surface area (Å²) in [7, 11) is -3.61. The fraction of sp³-hybridized carbons (Fsp3) is 0.417. The minimum absolute atomic E-state index is 0.00658. The van der Waals surface area contributed by atoms with Crippen molar-refractivity contribution in [3.63, 3.8) is 0 Å². The lowest BCUT2D eigenvalue weighted by Gasteiger charge is -2.20. The minimum Gasteiger partial charge on any atom is -0.395 e. The normalized spacial score (nSPS) is 15.6. The molecule has 0 spiro atoms. The highest BCUT2D eigenvalue weighted by atomic mass is 32.2. The van der Waals surface area contributed by atoms with Gasteiger partial charge in [0.15, 0.2) is 0 Å². The van der Waals surface area contributed by atoms with Crippen LogP contribution in [0.3, 0.4) is 0 Å². The molecule has 0 radical (unpaired) electrons. The Morgan fingerprint density at radius 1 is 1.44 bits per heavy atom. The van der Waals surface area contributed by atoms with Crippen LogP contribution in [0.1, 0.15) is 18.4 Å². The Morgan fingerprint density at radius 2 is 2.17 bits per heavy atom. The molecule has 6 heteroatoms. The number of hydrogen-bond donors (Lipinski definition) is 1. The SMILES string of the molecule is N#Cc1cccc(S(=O)(=O)N(CCO)C2CC2)c1. The maximum absolute atomic E-state index is 12.4. The van der Waals surface area contributed by atoms with Gasteiger partial charge in [-0.05, 0) is 31.0 Å². The second-order valence-corrected chi connectivity index (χ2v) is 6.10. The summed E-state index contributed by atoms with van der Waals surface area (Å²) >= 11 is 0. The topological polar surface area (TPSA) is 81.4 Å². The number of rotatable bonds is 5. The summed E-state index contributed by atoms with van der Waals surface area (Å²) in [5.41, 5.74) is 0.316. The van der Waals surface area contributed by atoms with Crippen LogP contribution in [0, 0.1) is 11.3 Å². The Hall–Kier alpha value is -1.42. The molecule has 1 aromatic carbocycles. The number of hydrogen-bond acceptors (Lipinski definition) is 4. The van der Waals surface area contributed by atoms with Gasteiger partial charge in [0.2, 0.25) is 10.0 Å². The van der Waals surface area contributed by atoms with Gasteiger partial charge in [0.05, 0.1) is 23.1 Å². The van der Waals surface area contributed by atoms with Gasteiger partial charge in [-0.1, -0.05) is 6.07 Å². The number of aliphatic hydroxyl groups excluding tert-OH is 1. The zero-order valence-corrected chi connectivity index (χ0v) is 10.6. The van der Waals surface area contributed by atoms with Crippen LogP contribution in [0.15, 0.2) is 29.2 Å². The maximum atomic E-state index is 12.4. The van der Waals surface area contributed by atoms with Crippen molar-refractivity contribution in [3.8, 4) is 6.07 Å². The van der Waals surface area contributed by atoms with E-state index in [0.29, 0.717) is 5.56 Å². The quantitative estimate of drug-likeness (QED) is 0.850. The van der Waals surface area contributed by atoms with Crippen LogP contribution in [0.4, 0.5) is 0 Å². The summed E-state index contributed by atoms with van der Waals surface area (Å²) in [6, 6.07) is 7.87.